The van der Waals surface area contributed by atoms with Crippen LogP contribution in [0.2, 0.25) is 5.02 Å². The lowest BCUT2D eigenvalue weighted by Crippen LogP contribution is -2.30. The van der Waals surface area contributed by atoms with E-state index < -0.39 is 23.8 Å². The summed E-state index contributed by atoms with van der Waals surface area (Å²) in [5.74, 6) is -1.45. The SMILES string of the molecule is CC(OC(=O)Cc1ccccc1Cl)C(=O)Nc1ccc(F)cc1. The van der Waals surface area contributed by atoms with E-state index in [9.17, 15) is 14.0 Å². The summed E-state index contributed by atoms with van der Waals surface area (Å²) in [6, 6.07) is 12.2. The Morgan fingerprint density at radius 3 is 2.48 bits per heavy atom. The molecule has 0 spiro atoms. The van der Waals surface area contributed by atoms with Gasteiger partial charge in [0.2, 0.25) is 0 Å². The van der Waals surface area contributed by atoms with E-state index in [-0.39, 0.29) is 6.42 Å². The maximum Gasteiger partial charge on any atom is 0.311 e. The summed E-state index contributed by atoms with van der Waals surface area (Å²) in [5, 5.41) is 3.01. The van der Waals surface area contributed by atoms with Gasteiger partial charge in [0.25, 0.3) is 5.91 Å². The van der Waals surface area contributed by atoms with Gasteiger partial charge in [-0.05, 0) is 42.8 Å². The number of hydrogen-bond donors (Lipinski definition) is 1. The summed E-state index contributed by atoms with van der Waals surface area (Å²) in [6.45, 7) is 1.46. The summed E-state index contributed by atoms with van der Waals surface area (Å²) >= 11 is 5.97. The van der Waals surface area contributed by atoms with Gasteiger partial charge in [0.05, 0.1) is 6.42 Å². The van der Waals surface area contributed by atoms with E-state index >= 15 is 0 Å². The van der Waals surface area contributed by atoms with Crippen molar-refractivity contribution in [3.63, 3.8) is 0 Å². The summed E-state index contributed by atoms with van der Waals surface area (Å²) in [7, 11) is 0. The van der Waals surface area contributed by atoms with Gasteiger partial charge in [-0.15, -0.1) is 0 Å². The topological polar surface area (TPSA) is 55.4 Å². The van der Waals surface area contributed by atoms with Gasteiger partial charge in [-0.3, -0.25) is 9.59 Å². The van der Waals surface area contributed by atoms with Crippen LogP contribution in [0.1, 0.15) is 12.5 Å². The number of nitrogens with one attached hydrogen (secondary N) is 1. The number of halogens is 2. The second-order valence-electron chi connectivity index (χ2n) is 4.90. The Bertz CT molecular complexity index is 703. The molecule has 2 rings (SSSR count). The number of amides is 1. The fourth-order valence-corrected chi connectivity index (χ4v) is 2.07. The van der Waals surface area contributed by atoms with E-state index in [1.165, 1.54) is 31.2 Å². The molecule has 1 amide bonds. The first-order valence-corrected chi connectivity index (χ1v) is 7.33. The molecule has 0 radical (unpaired) electrons. The first kappa shape index (κ1) is 17.0. The van der Waals surface area contributed by atoms with E-state index in [1.807, 2.05) is 0 Å². The van der Waals surface area contributed by atoms with E-state index in [4.69, 9.17) is 16.3 Å². The van der Waals surface area contributed by atoms with Crippen LogP contribution >= 0.6 is 11.6 Å². The molecule has 1 unspecified atom stereocenters. The number of carbonyl (C=O) groups is 2. The van der Waals surface area contributed by atoms with Crippen LogP contribution in [0.4, 0.5) is 10.1 Å². The number of benzene rings is 2. The van der Waals surface area contributed by atoms with Crippen molar-refractivity contribution in [2.75, 3.05) is 5.32 Å². The summed E-state index contributed by atoms with van der Waals surface area (Å²) < 4.78 is 17.9. The van der Waals surface area contributed by atoms with Crippen molar-refractivity contribution in [3.05, 3.63) is 64.9 Å². The third kappa shape index (κ3) is 5.07. The normalized spacial score (nSPS) is 11.6. The van der Waals surface area contributed by atoms with Gasteiger partial charge < -0.3 is 10.1 Å². The molecule has 1 atom stereocenters. The molecule has 2 aromatic carbocycles. The van der Waals surface area contributed by atoms with Crippen molar-refractivity contribution < 1.29 is 18.7 Å². The lowest BCUT2D eigenvalue weighted by atomic mass is 10.1. The lowest BCUT2D eigenvalue weighted by molar-refractivity contribution is -0.152. The van der Waals surface area contributed by atoms with Gasteiger partial charge in [0.15, 0.2) is 6.10 Å². The summed E-state index contributed by atoms with van der Waals surface area (Å²) in [5.41, 5.74) is 1.05. The first-order chi connectivity index (χ1) is 11.0. The molecular weight excluding hydrogens is 321 g/mol. The Labute approximate surface area is 138 Å². The summed E-state index contributed by atoms with van der Waals surface area (Å²) in [4.78, 5) is 23.8. The quantitative estimate of drug-likeness (QED) is 0.849. The molecule has 0 saturated heterocycles. The minimum absolute atomic E-state index is 0.0200. The van der Waals surface area contributed by atoms with Gasteiger partial charge >= 0.3 is 5.97 Å². The fraction of sp³-hybridized carbons (Fsp3) is 0.176. The minimum Gasteiger partial charge on any atom is -0.452 e. The standard InChI is InChI=1S/C17H15ClFNO3/c1-11(17(22)20-14-8-6-13(19)7-9-14)23-16(21)10-12-4-2-3-5-15(12)18/h2-9,11H,10H2,1H3,(H,20,22). The molecule has 120 valence electrons. The Hall–Kier alpha value is -2.40. The molecule has 23 heavy (non-hydrogen) atoms. The van der Waals surface area contributed by atoms with Gasteiger partial charge in [0, 0.05) is 10.7 Å². The highest BCUT2D eigenvalue weighted by molar-refractivity contribution is 6.31. The maximum absolute atomic E-state index is 12.8. The van der Waals surface area contributed by atoms with Crippen LogP contribution < -0.4 is 5.32 Å². The van der Waals surface area contributed by atoms with Crippen LogP contribution in [-0.4, -0.2) is 18.0 Å². The molecule has 0 fully saturated rings. The molecule has 0 bridgehead atoms. The average molecular weight is 336 g/mol. The van der Waals surface area contributed by atoms with Crippen molar-refractivity contribution in [3.8, 4) is 0 Å². The summed E-state index contributed by atoms with van der Waals surface area (Å²) in [6.07, 6.45) is -0.997. The van der Waals surface area contributed by atoms with Crippen LogP contribution in [0.25, 0.3) is 0 Å². The minimum atomic E-state index is -0.977. The highest BCUT2D eigenvalue weighted by Gasteiger charge is 2.18. The van der Waals surface area contributed by atoms with Crippen molar-refractivity contribution >= 4 is 29.2 Å². The number of rotatable bonds is 5. The second kappa shape index (κ2) is 7.74. The smallest absolute Gasteiger partial charge is 0.311 e. The molecule has 6 heteroatoms. The monoisotopic (exact) mass is 335 g/mol. The van der Waals surface area contributed by atoms with Crippen LogP contribution in [0.3, 0.4) is 0 Å². The molecule has 0 aliphatic rings. The highest BCUT2D eigenvalue weighted by atomic mass is 35.5. The number of esters is 1. The zero-order valence-corrected chi connectivity index (χ0v) is 13.1. The molecule has 0 heterocycles. The Morgan fingerprint density at radius 1 is 1.17 bits per heavy atom. The van der Waals surface area contributed by atoms with Gasteiger partial charge in [0.1, 0.15) is 5.82 Å². The zero-order valence-electron chi connectivity index (χ0n) is 12.4. The molecule has 2 aromatic rings. The molecule has 0 aliphatic heterocycles. The average Bonchev–Trinajstić information content (AvgIpc) is 2.51. The third-order valence-corrected chi connectivity index (χ3v) is 3.45. The number of carbonyl (C=O) groups excluding carboxylic acids is 2. The molecule has 0 saturated carbocycles. The predicted molar refractivity (Wildman–Crippen MR) is 85.7 cm³/mol. The fourth-order valence-electron chi connectivity index (χ4n) is 1.87. The molecule has 1 N–H and O–H groups in total. The van der Waals surface area contributed by atoms with Crippen molar-refractivity contribution in [2.24, 2.45) is 0 Å². The second-order valence-corrected chi connectivity index (χ2v) is 5.30. The lowest BCUT2D eigenvalue weighted by Gasteiger charge is -2.14. The predicted octanol–water partition coefficient (Wildman–Crippen LogP) is 3.59. The molecule has 4 nitrogen and oxygen atoms in total. The Balaban J connectivity index is 1.89. The number of hydrogen-bond acceptors (Lipinski definition) is 3. The van der Waals surface area contributed by atoms with Gasteiger partial charge in [-0.25, -0.2) is 4.39 Å². The largest absolute Gasteiger partial charge is 0.452 e. The van der Waals surface area contributed by atoms with Gasteiger partial charge in [-0.1, -0.05) is 29.8 Å². The molecule has 0 aromatic heterocycles. The van der Waals surface area contributed by atoms with E-state index in [1.54, 1.807) is 24.3 Å². The van der Waals surface area contributed by atoms with E-state index in [0.29, 0.717) is 16.3 Å². The zero-order chi connectivity index (χ0) is 16.8. The molecular formula is C17H15ClFNO3. The third-order valence-electron chi connectivity index (χ3n) is 3.08. The number of anilines is 1. The highest BCUT2D eigenvalue weighted by Crippen LogP contribution is 2.16. The van der Waals surface area contributed by atoms with Crippen LogP contribution in [0.5, 0.6) is 0 Å². The first-order valence-electron chi connectivity index (χ1n) is 6.95. The van der Waals surface area contributed by atoms with E-state index in [0.717, 1.165) is 0 Å². The Kier molecular flexibility index (Phi) is 5.71. The van der Waals surface area contributed by atoms with E-state index in [2.05, 4.69) is 5.32 Å². The van der Waals surface area contributed by atoms with Crippen LogP contribution in [0, 0.1) is 5.82 Å². The maximum atomic E-state index is 12.8. The van der Waals surface area contributed by atoms with Crippen LogP contribution in [0.15, 0.2) is 48.5 Å². The van der Waals surface area contributed by atoms with Crippen molar-refractivity contribution in [2.45, 2.75) is 19.4 Å². The number of ether oxygens (including phenoxy) is 1. The van der Waals surface area contributed by atoms with Crippen LogP contribution in [-0.2, 0) is 20.7 Å². The Morgan fingerprint density at radius 2 is 1.83 bits per heavy atom. The van der Waals surface area contributed by atoms with Crippen molar-refractivity contribution in [1.82, 2.24) is 0 Å². The van der Waals surface area contributed by atoms with Gasteiger partial charge in [-0.2, -0.15) is 0 Å². The van der Waals surface area contributed by atoms with Crippen molar-refractivity contribution in [1.29, 1.82) is 0 Å². The molecule has 0 aliphatic carbocycles.